The van der Waals surface area contributed by atoms with Gasteiger partial charge in [-0.05, 0) is 124 Å². The van der Waals surface area contributed by atoms with Crippen molar-refractivity contribution in [3.63, 3.8) is 0 Å². The molecular formula is C59H40N4. The zero-order chi connectivity index (χ0) is 41.6. The van der Waals surface area contributed by atoms with Gasteiger partial charge in [-0.25, -0.2) is 4.98 Å². The van der Waals surface area contributed by atoms with Crippen LogP contribution < -0.4 is 0 Å². The first-order valence-electron chi connectivity index (χ1n) is 21.9. The molecular weight excluding hydrogens is 765 g/mol. The molecule has 296 valence electrons. The molecule has 1 aliphatic rings. The molecule has 4 heteroatoms. The summed E-state index contributed by atoms with van der Waals surface area (Å²) < 4.78 is 4.81. The number of hydrogen-bond donors (Lipinski definition) is 0. The molecule has 12 aromatic rings. The van der Waals surface area contributed by atoms with Crippen LogP contribution in [0.15, 0.2) is 205 Å². The maximum absolute atomic E-state index is 5.20. The summed E-state index contributed by atoms with van der Waals surface area (Å²) in [6.45, 7) is 2.14. The standard InChI is InChI=1S/C59H40N4/c1-37-45-15-3-4-16-47(45)46-30-28-39(32-41(46)27-26-38-14-2-9-21-53(38)60-37)42-33-43(35-44(34-42)62-55-23-11-7-18-49(55)50-19-8-12-24-56(50)62)40-29-31-51-48-17-5-6-20-52(48)59-61-54-22-10-13-25-57(54)63(59)58(51)36-40/h2-25,28-36H,26-27H2,1H3/b60-37+. The van der Waals surface area contributed by atoms with Crippen LogP contribution in [0.2, 0.25) is 0 Å². The van der Waals surface area contributed by atoms with E-state index < -0.39 is 0 Å². The summed E-state index contributed by atoms with van der Waals surface area (Å²) in [6.07, 6.45) is 1.80. The lowest BCUT2D eigenvalue weighted by atomic mass is 9.87. The molecule has 0 bridgehead atoms. The number of benzene rings is 9. The number of aromatic nitrogens is 3. The Kier molecular flexibility index (Phi) is 7.91. The summed E-state index contributed by atoms with van der Waals surface area (Å²) in [5.41, 5.74) is 20.8. The van der Waals surface area contributed by atoms with Crippen molar-refractivity contribution in [2.45, 2.75) is 19.8 Å². The number of hydrogen-bond acceptors (Lipinski definition) is 2. The lowest BCUT2D eigenvalue weighted by molar-refractivity contribution is 0.960. The van der Waals surface area contributed by atoms with Gasteiger partial charge >= 0.3 is 0 Å². The highest BCUT2D eigenvalue weighted by Gasteiger charge is 2.20. The van der Waals surface area contributed by atoms with Crippen molar-refractivity contribution in [2.24, 2.45) is 4.99 Å². The van der Waals surface area contributed by atoms with Gasteiger partial charge in [-0.3, -0.25) is 9.39 Å². The van der Waals surface area contributed by atoms with Crippen molar-refractivity contribution < 1.29 is 0 Å². The summed E-state index contributed by atoms with van der Waals surface area (Å²) in [4.78, 5) is 10.4. The minimum absolute atomic E-state index is 0.899. The quantitative estimate of drug-likeness (QED) is 0.164. The lowest BCUT2D eigenvalue weighted by Gasteiger charge is -2.19. The van der Waals surface area contributed by atoms with Gasteiger partial charge in [-0.1, -0.05) is 146 Å². The normalized spacial score (nSPS) is 13.6. The first-order chi connectivity index (χ1) is 31.1. The summed E-state index contributed by atoms with van der Waals surface area (Å²) in [6, 6.07) is 73.4. The highest BCUT2D eigenvalue weighted by atomic mass is 15.0. The molecule has 0 aliphatic carbocycles. The van der Waals surface area contributed by atoms with Crippen molar-refractivity contribution >= 4 is 71.6 Å². The largest absolute Gasteiger partial charge is 0.309 e. The minimum Gasteiger partial charge on any atom is -0.309 e. The Labute approximate surface area is 364 Å². The topological polar surface area (TPSA) is 34.6 Å². The van der Waals surface area contributed by atoms with Gasteiger partial charge in [0.2, 0.25) is 0 Å². The van der Waals surface area contributed by atoms with Gasteiger partial charge in [0.05, 0.1) is 33.3 Å². The molecule has 0 radical (unpaired) electrons. The van der Waals surface area contributed by atoms with Gasteiger partial charge in [-0.2, -0.15) is 0 Å². The Morgan fingerprint density at radius 1 is 0.397 bits per heavy atom. The van der Waals surface area contributed by atoms with Crippen LogP contribution in [0.3, 0.4) is 0 Å². The predicted molar refractivity (Wildman–Crippen MR) is 264 cm³/mol. The number of para-hydroxylation sites is 5. The fourth-order valence-corrected chi connectivity index (χ4v) is 10.4. The van der Waals surface area contributed by atoms with E-state index in [1.54, 1.807) is 0 Å². The third-order valence-electron chi connectivity index (χ3n) is 13.3. The average molecular weight is 805 g/mol. The van der Waals surface area contributed by atoms with Gasteiger partial charge < -0.3 is 4.57 Å². The van der Waals surface area contributed by atoms with Crippen LogP contribution in [0.1, 0.15) is 23.6 Å². The predicted octanol–water partition coefficient (Wildman–Crippen LogP) is 15.1. The molecule has 0 saturated heterocycles. The minimum atomic E-state index is 0.899. The summed E-state index contributed by atoms with van der Waals surface area (Å²) in [7, 11) is 0. The number of pyridine rings is 1. The van der Waals surface area contributed by atoms with E-state index in [9.17, 15) is 0 Å². The molecule has 9 aromatic carbocycles. The van der Waals surface area contributed by atoms with Crippen LogP contribution in [0.4, 0.5) is 5.69 Å². The van der Waals surface area contributed by atoms with E-state index in [1.165, 1.54) is 71.5 Å². The Bertz CT molecular complexity index is 3830. The molecule has 0 unspecified atom stereocenters. The fourth-order valence-electron chi connectivity index (χ4n) is 10.4. The zero-order valence-corrected chi connectivity index (χ0v) is 34.8. The molecule has 0 spiro atoms. The molecule has 4 nitrogen and oxygen atoms in total. The zero-order valence-electron chi connectivity index (χ0n) is 34.8. The molecule has 3 aromatic heterocycles. The second-order valence-corrected chi connectivity index (χ2v) is 16.9. The smallest absolute Gasteiger partial charge is 0.146 e. The monoisotopic (exact) mass is 804 g/mol. The van der Waals surface area contributed by atoms with E-state index in [-0.39, 0.29) is 0 Å². The van der Waals surface area contributed by atoms with Crippen molar-refractivity contribution in [2.75, 3.05) is 0 Å². The summed E-state index contributed by atoms with van der Waals surface area (Å²) in [5.74, 6) is 0. The Balaban J connectivity index is 1.07. The number of fused-ring (bicyclic) bond motifs is 15. The molecule has 0 fully saturated rings. The molecule has 13 rings (SSSR count). The van der Waals surface area contributed by atoms with Crippen LogP contribution in [-0.2, 0) is 12.8 Å². The number of rotatable bonds is 3. The fraction of sp³-hybridized carbons (Fsp3) is 0.0508. The van der Waals surface area contributed by atoms with Crippen LogP contribution in [0, 0.1) is 0 Å². The van der Waals surface area contributed by atoms with Crippen molar-refractivity contribution in [1.82, 2.24) is 14.0 Å². The van der Waals surface area contributed by atoms with Gasteiger partial charge in [0, 0.05) is 38.5 Å². The van der Waals surface area contributed by atoms with Gasteiger partial charge in [-0.15, -0.1) is 0 Å². The van der Waals surface area contributed by atoms with E-state index in [0.717, 1.165) is 68.6 Å². The van der Waals surface area contributed by atoms with Crippen LogP contribution in [0.25, 0.3) is 99.2 Å². The first-order valence-corrected chi connectivity index (χ1v) is 21.9. The van der Waals surface area contributed by atoms with Gasteiger partial charge in [0.15, 0.2) is 0 Å². The highest BCUT2D eigenvalue weighted by Crippen LogP contribution is 2.41. The van der Waals surface area contributed by atoms with E-state index in [4.69, 9.17) is 9.98 Å². The van der Waals surface area contributed by atoms with Crippen molar-refractivity contribution in [3.8, 4) is 39.1 Å². The van der Waals surface area contributed by atoms with Gasteiger partial charge in [0.1, 0.15) is 5.65 Å². The van der Waals surface area contributed by atoms with E-state index in [1.807, 2.05) is 0 Å². The van der Waals surface area contributed by atoms with E-state index in [0.29, 0.717) is 0 Å². The maximum Gasteiger partial charge on any atom is 0.146 e. The summed E-state index contributed by atoms with van der Waals surface area (Å²) >= 11 is 0. The molecule has 0 atom stereocenters. The third-order valence-corrected chi connectivity index (χ3v) is 13.3. The number of aliphatic imine (C=N–C) groups is 1. The third kappa shape index (κ3) is 5.61. The Hall–Kier alpha value is -8.08. The lowest BCUT2D eigenvalue weighted by Crippen LogP contribution is -2.04. The van der Waals surface area contributed by atoms with Crippen LogP contribution in [-0.4, -0.2) is 19.7 Å². The molecule has 63 heavy (non-hydrogen) atoms. The Morgan fingerprint density at radius 3 is 1.78 bits per heavy atom. The van der Waals surface area contributed by atoms with Crippen LogP contribution >= 0.6 is 0 Å². The van der Waals surface area contributed by atoms with Gasteiger partial charge in [0.25, 0.3) is 0 Å². The molecule has 4 heterocycles. The van der Waals surface area contributed by atoms with Crippen molar-refractivity contribution in [1.29, 1.82) is 0 Å². The molecule has 0 amide bonds. The van der Waals surface area contributed by atoms with Crippen molar-refractivity contribution in [3.05, 3.63) is 217 Å². The maximum atomic E-state index is 5.20. The first kappa shape index (κ1) is 35.7. The summed E-state index contributed by atoms with van der Waals surface area (Å²) in [5, 5.41) is 6.07. The van der Waals surface area contributed by atoms with E-state index in [2.05, 4.69) is 216 Å². The van der Waals surface area contributed by atoms with E-state index >= 15 is 0 Å². The number of nitrogens with zero attached hydrogens (tertiary/aromatic N) is 4. The van der Waals surface area contributed by atoms with Crippen LogP contribution in [0.5, 0.6) is 0 Å². The highest BCUT2D eigenvalue weighted by molar-refractivity contribution is 6.15. The average Bonchev–Trinajstić information content (AvgIpc) is 3.90. The number of aryl methyl sites for hydroxylation is 2. The Morgan fingerprint density at radius 2 is 0.984 bits per heavy atom. The molecule has 0 N–H and O–H groups in total. The second kappa shape index (κ2) is 14.0. The molecule has 1 aliphatic heterocycles. The number of imidazole rings is 1. The SMILES string of the molecule is C/C1=N\c2ccccc2CCc2cc(-c3cc(-c4ccc5c6ccccc6c6nc7ccccc7n6c5c4)cc(-n4c5ccccc5c5ccccc54)c3)ccc2-c2ccccc21. The molecule has 0 saturated carbocycles. The second-order valence-electron chi connectivity index (χ2n) is 16.9.